The second-order valence-electron chi connectivity index (χ2n) is 9.85. The van der Waals surface area contributed by atoms with Gasteiger partial charge in [0.25, 0.3) is 5.91 Å². The summed E-state index contributed by atoms with van der Waals surface area (Å²) in [4.78, 5) is 39.4. The van der Waals surface area contributed by atoms with E-state index < -0.39 is 53.1 Å². The predicted octanol–water partition coefficient (Wildman–Crippen LogP) is 5.37. The van der Waals surface area contributed by atoms with Crippen molar-refractivity contribution in [2.75, 3.05) is 6.54 Å². The SMILES string of the molecule is C[C@H](NC(=O)CCN1C(=O)C(=Cc2cc(-c3ccc(F)c(C(F)(F)F)c3)cs2)SC1=S)[C@@H](O)C(=O)OC(C)(C)C. The van der Waals surface area contributed by atoms with E-state index in [2.05, 4.69) is 5.32 Å². The van der Waals surface area contributed by atoms with E-state index in [1.165, 1.54) is 29.2 Å². The van der Waals surface area contributed by atoms with Crippen LogP contribution in [-0.2, 0) is 25.3 Å². The molecule has 0 saturated carbocycles. The number of hydrogen-bond donors (Lipinski definition) is 2. The van der Waals surface area contributed by atoms with E-state index >= 15 is 0 Å². The summed E-state index contributed by atoms with van der Waals surface area (Å²) in [5.41, 5.74) is -1.57. The molecule has 0 unspecified atom stereocenters. The third kappa shape index (κ3) is 8.12. The van der Waals surface area contributed by atoms with E-state index in [1.807, 2.05) is 0 Å². The van der Waals surface area contributed by atoms with Crippen molar-refractivity contribution in [1.82, 2.24) is 10.2 Å². The van der Waals surface area contributed by atoms with Crippen molar-refractivity contribution < 1.29 is 41.8 Å². The Morgan fingerprint density at radius 2 is 1.88 bits per heavy atom. The number of alkyl halides is 3. The molecule has 1 fully saturated rings. The molecular weight excluding hydrogens is 592 g/mol. The van der Waals surface area contributed by atoms with Gasteiger partial charge in [-0.3, -0.25) is 14.5 Å². The molecule has 3 rings (SSSR count). The van der Waals surface area contributed by atoms with Crippen LogP contribution in [0.5, 0.6) is 0 Å². The van der Waals surface area contributed by atoms with Gasteiger partial charge in [0, 0.05) is 17.8 Å². The number of hydrogen-bond acceptors (Lipinski definition) is 8. The highest BCUT2D eigenvalue weighted by molar-refractivity contribution is 8.26. The van der Waals surface area contributed by atoms with Crippen molar-refractivity contribution in [2.24, 2.45) is 0 Å². The van der Waals surface area contributed by atoms with Crippen LogP contribution in [0, 0.1) is 5.82 Å². The first-order valence-electron chi connectivity index (χ1n) is 11.9. The lowest BCUT2D eigenvalue weighted by molar-refractivity contribution is -0.166. The van der Waals surface area contributed by atoms with Crippen LogP contribution in [0.4, 0.5) is 17.6 Å². The fraction of sp³-hybridized carbons (Fsp3) is 0.385. The number of thioether (sulfide) groups is 1. The molecule has 0 spiro atoms. The first-order valence-corrected chi connectivity index (χ1v) is 14.0. The first-order chi connectivity index (χ1) is 18.5. The number of nitrogens with one attached hydrogen (secondary N) is 1. The van der Waals surface area contributed by atoms with Gasteiger partial charge >= 0.3 is 12.1 Å². The average molecular weight is 619 g/mol. The van der Waals surface area contributed by atoms with E-state index in [4.69, 9.17) is 17.0 Å². The summed E-state index contributed by atoms with van der Waals surface area (Å²) < 4.78 is 58.2. The van der Waals surface area contributed by atoms with Gasteiger partial charge in [-0.05, 0) is 68.5 Å². The fourth-order valence-corrected chi connectivity index (χ4v) is 5.73. The van der Waals surface area contributed by atoms with Crippen LogP contribution in [0.25, 0.3) is 17.2 Å². The summed E-state index contributed by atoms with van der Waals surface area (Å²) in [5.74, 6) is -3.20. The molecular formula is C26H26F4N2O5S3. The number of carbonyl (C=O) groups is 3. The number of aliphatic hydroxyl groups excluding tert-OH is 1. The van der Waals surface area contributed by atoms with Crippen molar-refractivity contribution in [2.45, 2.75) is 58.0 Å². The minimum atomic E-state index is -4.83. The van der Waals surface area contributed by atoms with Crippen LogP contribution in [-0.4, -0.2) is 56.4 Å². The van der Waals surface area contributed by atoms with E-state index in [9.17, 15) is 37.1 Å². The highest BCUT2D eigenvalue weighted by Crippen LogP contribution is 2.37. The maximum absolute atomic E-state index is 13.6. The molecule has 216 valence electrons. The number of thiocarbonyl (C=S) groups is 1. The van der Waals surface area contributed by atoms with E-state index in [1.54, 1.807) is 38.3 Å². The van der Waals surface area contributed by atoms with Crippen LogP contribution in [0.1, 0.15) is 44.6 Å². The van der Waals surface area contributed by atoms with Gasteiger partial charge in [-0.25, -0.2) is 9.18 Å². The number of rotatable bonds is 8. The van der Waals surface area contributed by atoms with Gasteiger partial charge in [-0.2, -0.15) is 13.2 Å². The largest absolute Gasteiger partial charge is 0.458 e. The molecule has 2 heterocycles. The molecule has 0 aliphatic carbocycles. The Morgan fingerprint density at radius 3 is 2.50 bits per heavy atom. The Morgan fingerprint density at radius 1 is 1.20 bits per heavy atom. The predicted molar refractivity (Wildman–Crippen MR) is 149 cm³/mol. The third-order valence-corrected chi connectivity index (χ3v) is 7.70. The van der Waals surface area contributed by atoms with Crippen LogP contribution in [0.3, 0.4) is 0 Å². The minimum Gasteiger partial charge on any atom is -0.458 e. The molecule has 1 saturated heterocycles. The van der Waals surface area contributed by atoms with Gasteiger partial charge in [0.15, 0.2) is 6.10 Å². The Kier molecular flexibility index (Phi) is 9.81. The lowest BCUT2D eigenvalue weighted by Crippen LogP contribution is -2.47. The van der Waals surface area contributed by atoms with E-state index in [0.29, 0.717) is 10.4 Å². The molecule has 0 radical (unpaired) electrons. The van der Waals surface area contributed by atoms with Gasteiger partial charge in [0.2, 0.25) is 5.91 Å². The van der Waals surface area contributed by atoms with Crippen molar-refractivity contribution in [3.8, 4) is 11.1 Å². The maximum atomic E-state index is 13.6. The quantitative estimate of drug-likeness (QED) is 0.178. The zero-order chi connectivity index (χ0) is 30.0. The summed E-state index contributed by atoms with van der Waals surface area (Å²) in [6.45, 7) is 6.34. The molecule has 14 heteroatoms. The summed E-state index contributed by atoms with van der Waals surface area (Å²) in [6.07, 6.45) is -5.02. The molecule has 2 amide bonds. The highest BCUT2D eigenvalue weighted by atomic mass is 32.2. The van der Waals surface area contributed by atoms with Crippen molar-refractivity contribution in [3.05, 3.63) is 50.8 Å². The molecule has 0 bridgehead atoms. The van der Waals surface area contributed by atoms with Crippen LogP contribution < -0.4 is 5.32 Å². The number of amides is 2. The van der Waals surface area contributed by atoms with Crippen molar-refractivity contribution in [1.29, 1.82) is 0 Å². The first kappa shape index (κ1) is 31.7. The molecule has 2 N–H and O–H groups in total. The van der Waals surface area contributed by atoms with Gasteiger partial charge in [-0.1, -0.05) is 30.0 Å². The van der Waals surface area contributed by atoms with E-state index in [0.717, 1.165) is 23.9 Å². The number of carbonyl (C=O) groups excluding carboxylic acids is 3. The Labute approximate surface area is 241 Å². The number of nitrogens with zero attached hydrogens (tertiary/aromatic N) is 1. The Balaban J connectivity index is 1.61. The molecule has 2 atom stereocenters. The minimum absolute atomic E-state index is 0.0470. The molecule has 7 nitrogen and oxygen atoms in total. The normalized spacial score (nSPS) is 16.8. The van der Waals surface area contributed by atoms with Gasteiger partial charge < -0.3 is 15.2 Å². The molecule has 1 aromatic heterocycles. The van der Waals surface area contributed by atoms with Gasteiger partial charge in [-0.15, -0.1) is 11.3 Å². The molecule has 2 aromatic rings. The van der Waals surface area contributed by atoms with Crippen LogP contribution in [0.15, 0.2) is 34.6 Å². The second-order valence-corrected chi connectivity index (χ2v) is 12.5. The topological polar surface area (TPSA) is 95.9 Å². The lowest BCUT2D eigenvalue weighted by atomic mass is 10.0. The second kappa shape index (κ2) is 12.4. The standard InChI is InChI=1S/C26H26F4N2O5S3/c1-13(21(34)23(36)37-25(2,3)4)31-20(33)7-8-32-22(35)19(40-24(32)38)11-16-9-15(12-39-16)14-5-6-18(27)17(10-14)26(28,29)30/h5-6,9-13,21,34H,7-8H2,1-4H3,(H,31,33)/t13-,21+/m0/s1. The van der Waals surface area contributed by atoms with Crippen molar-refractivity contribution in [3.63, 3.8) is 0 Å². The van der Waals surface area contributed by atoms with Gasteiger partial charge in [0.1, 0.15) is 15.7 Å². The zero-order valence-corrected chi connectivity index (χ0v) is 24.2. The zero-order valence-electron chi connectivity index (χ0n) is 21.8. The van der Waals surface area contributed by atoms with Crippen molar-refractivity contribution >= 4 is 63.5 Å². The Hall–Kier alpha value is -2.81. The number of ether oxygens (including phenoxy) is 1. The monoisotopic (exact) mass is 618 g/mol. The number of esters is 1. The highest BCUT2D eigenvalue weighted by Gasteiger charge is 2.35. The van der Waals surface area contributed by atoms with Crippen LogP contribution >= 0.6 is 35.3 Å². The average Bonchev–Trinajstić information content (AvgIpc) is 3.39. The lowest BCUT2D eigenvalue weighted by Gasteiger charge is -2.25. The smallest absolute Gasteiger partial charge is 0.419 e. The van der Waals surface area contributed by atoms with Gasteiger partial charge in [0.05, 0.1) is 16.5 Å². The number of halogens is 4. The summed E-state index contributed by atoms with van der Waals surface area (Å²) in [6, 6.07) is 3.38. The summed E-state index contributed by atoms with van der Waals surface area (Å²) in [7, 11) is 0. The number of thiophene rings is 1. The fourth-order valence-electron chi connectivity index (χ4n) is 3.51. The number of benzene rings is 1. The molecule has 40 heavy (non-hydrogen) atoms. The van der Waals surface area contributed by atoms with Crippen LogP contribution in [0.2, 0.25) is 0 Å². The maximum Gasteiger partial charge on any atom is 0.419 e. The van der Waals surface area contributed by atoms with E-state index in [-0.39, 0.29) is 27.8 Å². The third-order valence-electron chi connectivity index (χ3n) is 5.44. The molecule has 1 aliphatic heterocycles. The summed E-state index contributed by atoms with van der Waals surface area (Å²) >= 11 is 7.47. The Bertz CT molecular complexity index is 1350. The molecule has 1 aromatic carbocycles. The number of aliphatic hydroxyl groups is 1. The molecule has 1 aliphatic rings. The summed E-state index contributed by atoms with van der Waals surface area (Å²) in [5, 5.41) is 14.2.